The topological polar surface area (TPSA) is 47.6 Å². The Balaban J connectivity index is 3.41. The molecule has 0 aliphatic heterocycles. The third-order valence-electron chi connectivity index (χ3n) is 2.84. The summed E-state index contributed by atoms with van der Waals surface area (Å²) in [5, 5.41) is 3.12. The molecule has 0 spiro atoms. The molecule has 0 saturated carbocycles. The molecule has 4 nitrogen and oxygen atoms in total. The maximum Gasteiger partial charge on any atom is 0.311 e. The van der Waals surface area contributed by atoms with E-state index in [1.807, 2.05) is 27.7 Å². The molecular weight excluding hydrogens is 230 g/mol. The van der Waals surface area contributed by atoms with Crippen molar-refractivity contribution >= 4 is 5.97 Å². The zero-order valence-electron chi connectivity index (χ0n) is 12.2. The number of ether oxygens (including phenoxy) is 2. The zero-order chi connectivity index (χ0) is 14.0. The Hall–Kier alpha value is -1.03. The molecule has 0 aromatic rings. The van der Waals surface area contributed by atoms with Gasteiger partial charge >= 0.3 is 5.97 Å². The quantitative estimate of drug-likeness (QED) is 0.283. The van der Waals surface area contributed by atoms with Crippen molar-refractivity contribution in [1.82, 2.24) is 5.32 Å². The lowest BCUT2D eigenvalue weighted by atomic mass is 9.91. The summed E-state index contributed by atoms with van der Waals surface area (Å²) in [6, 6.07) is 0. The summed E-state index contributed by atoms with van der Waals surface area (Å²) in [7, 11) is 0. The lowest BCUT2D eigenvalue weighted by molar-refractivity contribution is -0.154. The predicted molar refractivity (Wildman–Crippen MR) is 73.0 cm³/mol. The highest BCUT2D eigenvalue weighted by Gasteiger charge is 2.26. The summed E-state index contributed by atoms with van der Waals surface area (Å²) >= 11 is 0. The Morgan fingerprint density at radius 1 is 1.28 bits per heavy atom. The minimum absolute atomic E-state index is 0.108. The fourth-order valence-corrected chi connectivity index (χ4v) is 1.10. The molecule has 4 heteroatoms. The number of esters is 1. The molecule has 0 atom stereocenters. The van der Waals surface area contributed by atoms with E-state index in [9.17, 15) is 4.79 Å². The van der Waals surface area contributed by atoms with Gasteiger partial charge in [0.05, 0.1) is 17.8 Å². The van der Waals surface area contributed by atoms with Crippen LogP contribution >= 0.6 is 0 Å². The number of carbonyl (C=O) groups excluding carboxylic acids is 1. The van der Waals surface area contributed by atoms with E-state index in [-0.39, 0.29) is 11.4 Å². The second-order valence-electron chi connectivity index (χ2n) is 5.07. The molecule has 0 rings (SSSR count). The number of nitrogens with one attached hydrogen (secondary N) is 1. The van der Waals surface area contributed by atoms with Gasteiger partial charge in [-0.3, -0.25) is 10.1 Å². The van der Waals surface area contributed by atoms with Gasteiger partial charge in [-0.05, 0) is 46.6 Å². The van der Waals surface area contributed by atoms with Crippen molar-refractivity contribution in [2.45, 2.75) is 47.0 Å². The van der Waals surface area contributed by atoms with Gasteiger partial charge < -0.3 is 9.47 Å². The first-order chi connectivity index (χ1) is 8.40. The number of allylic oxidation sites excluding steroid dienone is 1. The molecule has 0 aromatic carbocycles. The van der Waals surface area contributed by atoms with Crippen molar-refractivity contribution in [2.75, 3.05) is 19.9 Å². The van der Waals surface area contributed by atoms with E-state index < -0.39 is 0 Å². The average Bonchev–Trinajstić information content (AvgIpc) is 2.31. The molecule has 18 heavy (non-hydrogen) atoms. The Kier molecular flexibility index (Phi) is 8.46. The van der Waals surface area contributed by atoms with Crippen LogP contribution in [0.1, 0.15) is 47.0 Å². The van der Waals surface area contributed by atoms with Crippen molar-refractivity contribution in [3.63, 3.8) is 0 Å². The van der Waals surface area contributed by atoms with Gasteiger partial charge in [0.2, 0.25) is 0 Å². The van der Waals surface area contributed by atoms with Crippen molar-refractivity contribution in [3.05, 3.63) is 12.3 Å². The standard InChI is InChI=1S/C14H27NO3/c1-6-14(4,5)13(16)17-10-8-7-9-15-11-18-12(2)3/h15H,2,6-11H2,1,3-5H3. The van der Waals surface area contributed by atoms with Gasteiger partial charge in [0.15, 0.2) is 0 Å². The van der Waals surface area contributed by atoms with E-state index >= 15 is 0 Å². The second-order valence-corrected chi connectivity index (χ2v) is 5.07. The first kappa shape index (κ1) is 17.0. The van der Waals surface area contributed by atoms with Crippen LogP contribution in [-0.4, -0.2) is 25.9 Å². The Morgan fingerprint density at radius 2 is 1.94 bits per heavy atom. The normalized spacial score (nSPS) is 11.1. The highest BCUT2D eigenvalue weighted by molar-refractivity contribution is 5.75. The van der Waals surface area contributed by atoms with Crippen LogP contribution in [0, 0.1) is 5.41 Å². The average molecular weight is 257 g/mol. The van der Waals surface area contributed by atoms with Crippen LogP contribution in [0.15, 0.2) is 12.3 Å². The minimum Gasteiger partial charge on any atom is -0.484 e. The summed E-state index contributed by atoms with van der Waals surface area (Å²) in [6.07, 6.45) is 2.62. The predicted octanol–water partition coefficient (Wildman–Crippen LogP) is 2.84. The molecule has 1 N–H and O–H groups in total. The largest absolute Gasteiger partial charge is 0.484 e. The van der Waals surface area contributed by atoms with E-state index in [1.54, 1.807) is 0 Å². The maximum absolute atomic E-state index is 11.6. The molecule has 0 aliphatic rings. The zero-order valence-corrected chi connectivity index (χ0v) is 12.2. The van der Waals surface area contributed by atoms with Gasteiger partial charge in [-0.1, -0.05) is 13.5 Å². The summed E-state index contributed by atoms with van der Waals surface area (Å²) < 4.78 is 10.4. The van der Waals surface area contributed by atoms with Crippen molar-refractivity contribution in [2.24, 2.45) is 5.41 Å². The molecule has 0 fully saturated rings. The van der Waals surface area contributed by atoms with Gasteiger partial charge in [0.1, 0.15) is 6.73 Å². The Morgan fingerprint density at radius 3 is 2.50 bits per heavy atom. The third-order valence-corrected chi connectivity index (χ3v) is 2.84. The molecule has 0 aromatic heterocycles. The number of hydrogen-bond acceptors (Lipinski definition) is 4. The summed E-state index contributed by atoms with van der Waals surface area (Å²) in [5.74, 6) is 0.599. The van der Waals surface area contributed by atoms with Gasteiger partial charge in [-0.15, -0.1) is 0 Å². The van der Waals surface area contributed by atoms with Crippen LogP contribution in [0.2, 0.25) is 0 Å². The van der Waals surface area contributed by atoms with E-state index in [0.29, 0.717) is 19.1 Å². The van der Waals surface area contributed by atoms with Gasteiger partial charge in [-0.25, -0.2) is 0 Å². The molecule has 0 bridgehead atoms. The fourth-order valence-electron chi connectivity index (χ4n) is 1.10. The smallest absolute Gasteiger partial charge is 0.311 e. The number of rotatable bonds is 10. The Labute approximate surface area is 111 Å². The number of unbranched alkanes of at least 4 members (excludes halogenated alkanes) is 1. The first-order valence-corrected chi connectivity index (χ1v) is 6.56. The number of carbonyl (C=O) groups is 1. The highest BCUT2D eigenvalue weighted by atomic mass is 16.5. The van der Waals surface area contributed by atoms with Crippen LogP contribution in [-0.2, 0) is 14.3 Å². The fraction of sp³-hybridized carbons (Fsp3) is 0.786. The van der Waals surface area contributed by atoms with Gasteiger partial charge in [0, 0.05) is 0 Å². The molecular formula is C14H27NO3. The lowest BCUT2D eigenvalue weighted by Gasteiger charge is -2.20. The molecule has 0 amide bonds. The van der Waals surface area contributed by atoms with Crippen molar-refractivity contribution < 1.29 is 14.3 Å². The molecule has 0 radical (unpaired) electrons. The van der Waals surface area contributed by atoms with E-state index in [2.05, 4.69) is 11.9 Å². The number of hydrogen-bond donors (Lipinski definition) is 1. The van der Waals surface area contributed by atoms with Crippen LogP contribution < -0.4 is 5.32 Å². The van der Waals surface area contributed by atoms with Crippen LogP contribution in [0.3, 0.4) is 0 Å². The SMILES string of the molecule is C=C(C)OCNCCCCOC(=O)C(C)(C)CC. The van der Waals surface area contributed by atoms with E-state index in [4.69, 9.17) is 9.47 Å². The summed E-state index contributed by atoms with van der Waals surface area (Å²) in [6.45, 7) is 13.1. The van der Waals surface area contributed by atoms with Crippen molar-refractivity contribution in [3.8, 4) is 0 Å². The second kappa shape index (κ2) is 8.97. The first-order valence-electron chi connectivity index (χ1n) is 6.56. The van der Waals surface area contributed by atoms with E-state index in [1.165, 1.54) is 0 Å². The molecule has 0 unspecified atom stereocenters. The van der Waals surface area contributed by atoms with Crippen LogP contribution in [0.25, 0.3) is 0 Å². The highest BCUT2D eigenvalue weighted by Crippen LogP contribution is 2.21. The van der Waals surface area contributed by atoms with E-state index in [0.717, 1.165) is 25.8 Å². The van der Waals surface area contributed by atoms with Crippen LogP contribution in [0.5, 0.6) is 0 Å². The summed E-state index contributed by atoms with van der Waals surface area (Å²) in [4.78, 5) is 11.6. The van der Waals surface area contributed by atoms with Crippen LogP contribution in [0.4, 0.5) is 0 Å². The molecule has 0 aliphatic carbocycles. The lowest BCUT2D eigenvalue weighted by Crippen LogP contribution is -2.26. The molecule has 0 heterocycles. The molecule has 106 valence electrons. The summed E-state index contributed by atoms with van der Waals surface area (Å²) in [5.41, 5.74) is -0.367. The maximum atomic E-state index is 11.6. The molecule has 0 saturated heterocycles. The minimum atomic E-state index is -0.367. The Bertz CT molecular complexity index is 262. The van der Waals surface area contributed by atoms with Gasteiger partial charge in [0.25, 0.3) is 0 Å². The third kappa shape index (κ3) is 8.12. The van der Waals surface area contributed by atoms with Crippen molar-refractivity contribution in [1.29, 1.82) is 0 Å². The monoisotopic (exact) mass is 257 g/mol. The van der Waals surface area contributed by atoms with Gasteiger partial charge in [-0.2, -0.15) is 0 Å².